The Morgan fingerprint density at radius 3 is 2.59 bits per heavy atom. The molecule has 8 heteroatoms. The van der Waals surface area contributed by atoms with Gasteiger partial charge >= 0.3 is 5.97 Å². The Bertz CT molecular complexity index is 1500. The van der Waals surface area contributed by atoms with Crippen LogP contribution < -0.4 is 4.74 Å². The fourth-order valence-electron chi connectivity index (χ4n) is 5.74. The Balaban J connectivity index is 1.17. The standard InChI is InChI=1S/C31H31N3O5/c35-29(36)13-8-21-6-10-25(11-7-21)39-26-14-16-33(19-26)31(37)22-9-12-28-27(18-22)32-30(23-15-17-38-20-23)34(28)24-4-2-1-3-5-24/h6-13,15,17-18,20,24,26H,1-5,14,16,19H2,(H,35,36)/b13-8+/t26-/m0/s1. The molecule has 0 bridgehead atoms. The lowest BCUT2D eigenvalue weighted by atomic mass is 9.95. The Hall–Kier alpha value is -4.33. The molecule has 6 rings (SSSR count). The van der Waals surface area contributed by atoms with Gasteiger partial charge in [-0.25, -0.2) is 9.78 Å². The van der Waals surface area contributed by atoms with Gasteiger partial charge in [0.15, 0.2) is 0 Å². The van der Waals surface area contributed by atoms with Gasteiger partial charge < -0.3 is 23.7 Å². The highest BCUT2D eigenvalue weighted by molar-refractivity contribution is 5.98. The maximum atomic E-state index is 13.4. The number of benzene rings is 2. The molecule has 2 aliphatic rings. The first kappa shape index (κ1) is 25.0. The topological polar surface area (TPSA) is 97.8 Å². The van der Waals surface area contributed by atoms with Crippen molar-refractivity contribution in [3.8, 4) is 17.1 Å². The summed E-state index contributed by atoms with van der Waals surface area (Å²) in [6.07, 6.45) is 12.7. The minimum atomic E-state index is -0.985. The molecule has 1 atom stereocenters. The lowest BCUT2D eigenvalue weighted by molar-refractivity contribution is -0.131. The highest BCUT2D eigenvalue weighted by atomic mass is 16.5. The number of carboxylic acids is 1. The second-order valence-electron chi connectivity index (χ2n) is 10.3. The fourth-order valence-corrected chi connectivity index (χ4v) is 5.74. The first-order valence-corrected chi connectivity index (χ1v) is 13.6. The molecular formula is C31H31N3O5. The second-order valence-corrected chi connectivity index (χ2v) is 10.3. The zero-order valence-electron chi connectivity index (χ0n) is 21.7. The van der Waals surface area contributed by atoms with Crippen LogP contribution in [-0.2, 0) is 4.79 Å². The number of carbonyl (C=O) groups is 2. The van der Waals surface area contributed by atoms with Gasteiger partial charge in [-0.05, 0) is 60.9 Å². The van der Waals surface area contributed by atoms with Gasteiger partial charge in [-0.2, -0.15) is 0 Å². The van der Waals surface area contributed by atoms with E-state index in [-0.39, 0.29) is 12.0 Å². The third-order valence-corrected chi connectivity index (χ3v) is 7.69. The largest absolute Gasteiger partial charge is 0.489 e. The van der Waals surface area contributed by atoms with Crippen LogP contribution in [0.3, 0.4) is 0 Å². The maximum Gasteiger partial charge on any atom is 0.328 e. The summed E-state index contributed by atoms with van der Waals surface area (Å²) in [5.41, 5.74) is 4.25. The Morgan fingerprint density at radius 2 is 1.85 bits per heavy atom. The van der Waals surface area contributed by atoms with Crippen LogP contribution in [0.15, 0.2) is 71.6 Å². The number of amides is 1. The van der Waals surface area contributed by atoms with E-state index >= 15 is 0 Å². The summed E-state index contributed by atoms with van der Waals surface area (Å²) in [4.78, 5) is 31.0. The highest BCUT2D eigenvalue weighted by Gasteiger charge is 2.29. The van der Waals surface area contributed by atoms with E-state index in [0.29, 0.717) is 30.4 Å². The van der Waals surface area contributed by atoms with Crippen molar-refractivity contribution >= 4 is 29.0 Å². The minimum absolute atomic E-state index is 0.0192. The van der Waals surface area contributed by atoms with Crippen LogP contribution in [0.1, 0.15) is 60.5 Å². The van der Waals surface area contributed by atoms with E-state index < -0.39 is 5.97 Å². The van der Waals surface area contributed by atoms with Crippen molar-refractivity contribution in [1.82, 2.24) is 14.5 Å². The molecule has 0 spiro atoms. The summed E-state index contributed by atoms with van der Waals surface area (Å²) in [5.74, 6) is 0.591. The van der Waals surface area contributed by atoms with E-state index in [9.17, 15) is 9.59 Å². The number of carbonyl (C=O) groups excluding carboxylic acids is 1. The van der Waals surface area contributed by atoms with Gasteiger partial charge in [0.2, 0.25) is 0 Å². The number of hydrogen-bond acceptors (Lipinski definition) is 5. The number of carboxylic acid groups (broad SMARTS) is 1. The number of imidazole rings is 1. The first-order chi connectivity index (χ1) is 19.0. The SMILES string of the molecule is O=C(O)/C=C/c1ccc(O[C@H]2CCN(C(=O)c3ccc4c(c3)nc(-c3ccoc3)n4C3CCCCC3)C2)cc1. The average molecular weight is 526 g/mol. The van der Waals surface area contributed by atoms with E-state index in [2.05, 4.69) is 4.57 Å². The molecule has 2 aromatic carbocycles. The third kappa shape index (κ3) is 5.32. The molecule has 2 fully saturated rings. The number of rotatable bonds is 7. The molecular weight excluding hydrogens is 494 g/mol. The van der Waals surface area contributed by atoms with Crippen LogP contribution >= 0.6 is 0 Å². The van der Waals surface area contributed by atoms with E-state index in [4.69, 9.17) is 19.2 Å². The molecule has 1 aliphatic carbocycles. The number of aromatic nitrogens is 2. The molecule has 1 N–H and O–H groups in total. The molecule has 0 radical (unpaired) electrons. The van der Waals surface area contributed by atoms with Crippen molar-refractivity contribution in [1.29, 1.82) is 0 Å². The second kappa shape index (κ2) is 10.8. The highest BCUT2D eigenvalue weighted by Crippen LogP contribution is 2.36. The molecule has 39 heavy (non-hydrogen) atoms. The maximum absolute atomic E-state index is 13.4. The van der Waals surface area contributed by atoms with Crippen LogP contribution in [0.5, 0.6) is 5.75 Å². The predicted octanol–water partition coefficient (Wildman–Crippen LogP) is 6.19. The number of fused-ring (bicyclic) bond motifs is 1. The van der Waals surface area contributed by atoms with Crippen LogP contribution in [-0.4, -0.2) is 50.6 Å². The lowest BCUT2D eigenvalue weighted by Gasteiger charge is -2.25. The zero-order chi connectivity index (χ0) is 26.8. The van der Waals surface area contributed by atoms with E-state index in [1.807, 2.05) is 53.4 Å². The number of hydrogen-bond donors (Lipinski definition) is 1. The minimum Gasteiger partial charge on any atom is -0.489 e. The van der Waals surface area contributed by atoms with Gasteiger partial charge in [0.1, 0.15) is 23.9 Å². The smallest absolute Gasteiger partial charge is 0.328 e. The van der Waals surface area contributed by atoms with Crippen LogP contribution in [0, 0.1) is 0 Å². The van der Waals surface area contributed by atoms with E-state index in [0.717, 1.165) is 53.3 Å². The van der Waals surface area contributed by atoms with Gasteiger partial charge in [0.05, 0.1) is 29.4 Å². The summed E-state index contributed by atoms with van der Waals surface area (Å²) in [6, 6.07) is 15.5. The Morgan fingerprint density at radius 1 is 1.03 bits per heavy atom. The van der Waals surface area contributed by atoms with Crippen molar-refractivity contribution in [2.45, 2.75) is 50.7 Å². The van der Waals surface area contributed by atoms with E-state index in [1.165, 1.54) is 25.3 Å². The molecule has 8 nitrogen and oxygen atoms in total. The third-order valence-electron chi connectivity index (χ3n) is 7.69. The first-order valence-electron chi connectivity index (χ1n) is 13.6. The summed E-state index contributed by atoms with van der Waals surface area (Å²) < 4.78 is 13.8. The van der Waals surface area contributed by atoms with Crippen LogP contribution in [0.2, 0.25) is 0 Å². The molecule has 2 aromatic heterocycles. The number of nitrogens with zero attached hydrogens (tertiary/aromatic N) is 3. The van der Waals surface area contributed by atoms with Crippen LogP contribution in [0.25, 0.3) is 28.5 Å². The molecule has 1 saturated heterocycles. The van der Waals surface area contributed by atoms with Crippen molar-refractivity contribution in [3.05, 3.63) is 78.3 Å². The molecule has 3 heterocycles. The fraction of sp³-hybridized carbons (Fsp3) is 0.323. The van der Waals surface area contributed by atoms with Crippen molar-refractivity contribution in [2.75, 3.05) is 13.1 Å². The molecule has 0 unspecified atom stereocenters. The number of ether oxygens (including phenoxy) is 1. The Kier molecular flexibility index (Phi) is 6.92. The summed E-state index contributed by atoms with van der Waals surface area (Å²) in [7, 11) is 0. The summed E-state index contributed by atoms with van der Waals surface area (Å²) in [6.45, 7) is 1.13. The van der Waals surface area contributed by atoms with Gasteiger partial charge in [-0.15, -0.1) is 0 Å². The van der Waals surface area contributed by atoms with Crippen molar-refractivity contribution in [2.24, 2.45) is 0 Å². The zero-order valence-corrected chi connectivity index (χ0v) is 21.7. The predicted molar refractivity (Wildman–Crippen MR) is 148 cm³/mol. The van der Waals surface area contributed by atoms with Crippen LogP contribution in [0.4, 0.5) is 0 Å². The van der Waals surface area contributed by atoms with Gasteiger partial charge in [0.25, 0.3) is 5.91 Å². The monoisotopic (exact) mass is 525 g/mol. The summed E-state index contributed by atoms with van der Waals surface area (Å²) >= 11 is 0. The summed E-state index contributed by atoms with van der Waals surface area (Å²) in [5, 5.41) is 8.78. The molecule has 200 valence electrons. The number of aliphatic carboxylic acids is 1. The molecule has 1 aliphatic heterocycles. The van der Waals surface area contributed by atoms with Gasteiger partial charge in [-0.1, -0.05) is 31.4 Å². The van der Waals surface area contributed by atoms with Crippen molar-refractivity contribution < 1.29 is 23.8 Å². The van der Waals surface area contributed by atoms with Crippen molar-refractivity contribution in [3.63, 3.8) is 0 Å². The number of likely N-dealkylation sites (tertiary alicyclic amines) is 1. The average Bonchev–Trinajstić information content (AvgIpc) is 3.72. The Labute approximate surface area is 226 Å². The quantitative estimate of drug-likeness (QED) is 0.289. The molecule has 4 aromatic rings. The molecule has 1 saturated carbocycles. The normalized spacial score (nSPS) is 18.3. The van der Waals surface area contributed by atoms with Gasteiger partial charge in [0, 0.05) is 30.6 Å². The number of furan rings is 1. The lowest BCUT2D eigenvalue weighted by Crippen LogP contribution is -2.30. The van der Waals surface area contributed by atoms with Gasteiger partial charge in [-0.3, -0.25) is 4.79 Å². The van der Waals surface area contributed by atoms with E-state index in [1.54, 1.807) is 12.5 Å². The molecule has 1 amide bonds.